The summed E-state index contributed by atoms with van der Waals surface area (Å²) in [5.74, 6) is -0.185. The molecule has 21 heavy (non-hydrogen) atoms. The molecule has 1 aromatic rings. The van der Waals surface area contributed by atoms with Crippen molar-refractivity contribution in [1.29, 1.82) is 0 Å². The minimum atomic E-state index is -0.867. The Bertz CT molecular complexity index is 493. The summed E-state index contributed by atoms with van der Waals surface area (Å²) in [6, 6.07) is 3.47. The zero-order valence-electron chi connectivity index (χ0n) is 12.4. The summed E-state index contributed by atoms with van der Waals surface area (Å²) in [6.45, 7) is 3.70. The number of carbonyl (C=O) groups is 2. The fraction of sp³-hybridized carbons (Fsp3) is 0.500. The molecule has 0 saturated carbocycles. The number of nitrogens with one attached hydrogen (secondary N) is 2. The number of nitrogens with zero attached hydrogens (tertiary/aromatic N) is 1. The summed E-state index contributed by atoms with van der Waals surface area (Å²) in [5, 5.41) is 5.61. The second-order valence-electron chi connectivity index (χ2n) is 4.84. The van der Waals surface area contributed by atoms with E-state index in [9.17, 15) is 9.59 Å². The lowest BCUT2D eigenvalue weighted by Gasteiger charge is -2.27. The van der Waals surface area contributed by atoms with Crippen LogP contribution >= 0.6 is 15.9 Å². The van der Waals surface area contributed by atoms with Crippen LogP contribution in [0.2, 0.25) is 0 Å². The van der Waals surface area contributed by atoms with E-state index in [1.54, 1.807) is 25.3 Å². The highest BCUT2D eigenvalue weighted by Crippen LogP contribution is 2.14. The molecular formula is C14H20BrN3O3. The predicted octanol–water partition coefficient (Wildman–Crippen LogP) is 2.10. The van der Waals surface area contributed by atoms with E-state index < -0.39 is 5.54 Å². The minimum Gasteiger partial charge on any atom is -0.468 e. The van der Waals surface area contributed by atoms with Crippen LogP contribution in [0.1, 0.15) is 26.7 Å². The van der Waals surface area contributed by atoms with Gasteiger partial charge in [0, 0.05) is 10.7 Å². The smallest absolute Gasteiger partial charge is 0.325 e. The number of hydrogen-bond donors (Lipinski definition) is 2. The minimum absolute atomic E-state index is 0.00332. The zero-order chi connectivity index (χ0) is 15.9. The lowest BCUT2D eigenvalue weighted by molar-refractivity contribution is -0.148. The number of carbonyl (C=O) groups excluding carboxylic acids is 2. The Kier molecular flexibility index (Phi) is 6.77. The van der Waals surface area contributed by atoms with Crippen LogP contribution in [-0.2, 0) is 14.3 Å². The Balaban J connectivity index is 2.57. The maximum atomic E-state index is 11.9. The quantitative estimate of drug-likeness (QED) is 0.730. The standard InChI is InChI=1S/C14H20BrN3O3/c1-4-7-14(2,13(20)21-3)17-9-12(19)18-11-6-5-10(15)8-16-11/h5-6,8,17H,4,7,9H2,1-3H3,(H,16,18,19). The number of aromatic nitrogens is 1. The summed E-state index contributed by atoms with van der Waals surface area (Å²) in [6.07, 6.45) is 2.98. The van der Waals surface area contributed by atoms with Crippen LogP contribution in [0.3, 0.4) is 0 Å². The Morgan fingerprint density at radius 3 is 2.67 bits per heavy atom. The van der Waals surface area contributed by atoms with Gasteiger partial charge in [-0.3, -0.25) is 14.9 Å². The number of amides is 1. The number of pyridine rings is 1. The topological polar surface area (TPSA) is 80.3 Å². The van der Waals surface area contributed by atoms with Crippen LogP contribution in [-0.4, -0.2) is 36.1 Å². The molecular weight excluding hydrogens is 338 g/mol. The molecule has 1 aromatic heterocycles. The molecule has 0 bridgehead atoms. The van der Waals surface area contributed by atoms with Gasteiger partial charge < -0.3 is 10.1 Å². The van der Waals surface area contributed by atoms with E-state index in [-0.39, 0.29) is 18.4 Å². The lowest BCUT2D eigenvalue weighted by Crippen LogP contribution is -2.52. The molecule has 0 spiro atoms. The first-order valence-electron chi connectivity index (χ1n) is 6.66. The van der Waals surface area contributed by atoms with E-state index in [4.69, 9.17) is 4.74 Å². The van der Waals surface area contributed by atoms with Crippen molar-refractivity contribution < 1.29 is 14.3 Å². The Labute approximate surface area is 132 Å². The molecule has 1 rings (SSSR count). The van der Waals surface area contributed by atoms with Gasteiger partial charge in [-0.15, -0.1) is 0 Å². The van der Waals surface area contributed by atoms with E-state index in [1.807, 2.05) is 6.92 Å². The molecule has 0 aliphatic rings. The molecule has 1 amide bonds. The third-order valence-electron chi connectivity index (χ3n) is 3.02. The highest BCUT2D eigenvalue weighted by atomic mass is 79.9. The Hall–Kier alpha value is -1.47. The highest BCUT2D eigenvalue weighted by Gasteiger charge is 2.33. The molecule has 1 atom stereocenters. The normalized spacial score (nSPS) is 13.3. The number of halogens is 1. The van der Waals surface area contributed by atoms with Crippen molar-refractivity contribution in [3.05, 3.63) is 22.8 Å². The number of ether oxygens (including phenoxy) is 1. The summed E-state index contributed by atoms with van der Waals surface area (Å²) >= 11 is 3.27. The van der Waals surface area contributed by atoms with Crippen molar-refractivity contribution >= 4 is 33.6 Å². The zero-order valence-corrected chi connectivity index (χ0v) is 14.0. The first kappa shape index (κ1) is 17.6. The Morgan fingerprint density at radius 1 is 1.43 bits per heavy atom. The van der Waals surface area contributed by atoms with Crippen molar-refractivity contribution in [1.82, 2.24) is 10.3 Å². The van der Waals surface area contributed by atoms with Gasteiger partial charge in [0.05, 0.1) is 13.7 Å². The van der Waals surface area contributed by atoms with Gasteiger partial charge in [0.1, 0.15) is 11.4 Å². The molecule has 0 aliphatic carbocycles. The molecule has 1 heterocycles. The molecule has 0 aliphatic heterocycles. The van der Waals surface area contributed by atoms with Gasteiger partial charge in [-0.25, -0.2) is 4.98 Å². The van der Waals surface area contributed by atoms with Crippen LogP contribution in [0.4, 0.5) is 5.82 Å². The third kappa shape index (κ3) is 5.43. The first-order valence-corrected chi connectivity index (χ1v) is 7.45. The molecule has 7 heteroatoms. The van der Waals surface area contributed by atoms with Gasteiger partial charge in [0.2, 0.25) is 5.91 Å². The van der Waals surface area contributed by atoms with E-state index in [2.05, 4.69) is 31.5 Å². The molecule has 2 N–H and O–H groups in total. The van der Waals surface area contributed by atoms with Crippen molar-refractivity contribution in [2.24, 2.45) is 0 Å². The molecule has 6 nitrogen and oxygen atoms in total. The van der Waals surface area contributed by atoms with E-state index in [0.717, 1.165) is 10.9 Å². The average molecular weight is 358 g/mol. The maximum Gasteiger partial charge on any atom is 0.325 e. The number of hydrogen-bond acceptors (Lipinski definition) is 5. The Morgan fingerprint density at radius 2 is 2.14 bits per heavy atom. The second kappa shape index (κ2) is 8.09. The van der Waals surface area contributed by atoms with Crippen molar-refractivity contribution in [3.8, 4) is 0 Å². The fourth-order valence-electron chi connectivity index (χ4n) is 1.90. The molecule has 0 saturated heterocycles. The van der Waals surface area contributed by atoms with E-state index >= 15 is 0 Å². The van der Waals surface area contributed by atoms with E-state index in [1.165, 1.54) is 7.11 Å². The predicted molar refractivity (Wildman–Crippen MR) is 83.9 cm³/mol. The van der Waals surface area contributed by atoms with Crippen molar-refractivity contribution in [2.75, 3.05) is 19.0 Å². The molecule has 0 aromatic carbocycles. The third-order valence-corrected chi connectivity index (χ3v) is 3.49. The van der Waals surface area contributed by atoms with Crippen molar-refractivity contribution in [3.63, 3.8) is 0 Å². The SMILES string of the molecule is CCCC(C)(NCC(=O)Nc1ccc(Br)cn1)C(=O)OC. The number of methoxy groups -OCH3 is 1. The van der Waals surface area contributed by atoms with Gasteiger partial charge in [0.15, 0.2) is 0 Å². The summed E-state index contributed by atoms with van der Waals surface area (Å²) < 4.78 is 5.61. The van der Waals surface area contributed by atoms with Gasteiger partial charge in [-0.05, 0) is 41.4 Å². The van der Waals surface area contributed by atoms with Gasteiger partial charge in [-0.1, -0.05) is 13.3 Å². The van der Waals surface area contributed by atoms with Gasteiger partial charge in [0.25, 0.3) is 0 Å². The maximum absolute atomic E-state index is 11.9. The van der Waals surface area contributed by atoms with Crippen LogP contribution < -0.4 is 10.6 Å². The van der Waals surface area contributed by atoms with Crippen LogP contribution in [0.25, 0.3) is 0 Å². The van der Waals surface area contributed by atoms with E-state index in [0.29, 0.717) is 12.2 Å². The van der Waals surface area contributed by atoms with Gasteiger partial charge >= 0.3 is 5.97 Å². The monoisotopic (exact) mass is 357 g/mol. The first-order chi connectivity index (χ1) is 9.91. The van der Waals surface area contributed by atoms with Crippen molar-refractivity contribution in [2.45, 2.75) is 32.2 Å². The highest BCUT2D eigenvalue weighted by molar-refractivity contribution is 9.10. The summed E-state index contributed by atoms with van der Waals surface area (Å²) in [5.41, 5.74) is -0.867. The second-order valence-corrected chi connectivity index (χ2v) is 5.75. The van der Waals surface area contributed by atoms with Crippen LogP contribution in [0, 0.1) is 0 Å². The van der Waals surface area contributed by atoms with Crippen LogP contribution in [0.5, 0.6) is 0 Å². The largest absolute Gasteiger partial charge is 0.468 e. The molecule has 0 fully saturated rings. The lowest BCUT2D eigenvalue weighted by atomic mass is 9.96. The summed E-state index contributed by atoms with van der Waals surface area (Å²) in [7, 11) is 1.34. The fourth-order valence-corrected chi connectivity index (χ4v) is 2.13. The number of anilines is 1. The molecule has 1 unspecified atom stereocenters. The molecule has 0 radical (unpaired) electrons. The molecule has 116 valence electrons. The number of esters is 1. The number of rotatable bonds is 7. The summed E-state index contributed by atoms with van der Waals surface area (Å²) in [4.78, 5) is 27.7. The average Bonchev–Trinajstić information content (AvgIpc) is 2.47. The van der Waals surface area contributed by atoms with Gasteiger partial charge in [-0.2, -0.15) is 0 Å². The van der Waals surface area contributed by atoms with Crippen LogP contribution in [0.15, 0.2) is 22.8 Å².